The van der Waals surface area contributed by atoms with Crippen molar-refractivity contribution in [3.63, 3.8) is 0 Å². The first-order chi connectivity index (χ1) is 10.3. The van der Waals surface area contributed by atoms with Crippen LogP contribution in [0.3, 0.4) is 0 Å². The van der Waals surface area contributed by atoms with E-state index < -0.39 is 0 Å². The van der Waals surface area contributed by atoms with Gasteiger partial charge in [-0.3, -0.25) is 0 Å². The van der Waals surface area contributed by atoms with Gasteiger partial charge in [0, 0.05) is 10.9 Å². The Morgan fingerprint density at radius 3 is 2.76 bits per heavy atom. The zero-order chi connectivity index (χ0) is 14.7. The lowest BCUT2D eigenvalue weighted by Crippen LogP contribution is -2.31. The number of fused-ring (bicyclic) bond motifs is 1. The number of benzene rings is 2. The Morgan fingerprint density at radius 1 is 1.19 bits per heavy atom. The third-order valence-electron chi connectivity index (χ3n) is 3.81. The molecule has 4 heteroatoms. The Hall–Kier alpha value is -1.00. The molecule has 0 amide bonds. The second-order valence-electron chi connectivity index (χ2n) is 5.16. The van der Waals surface area contributed by atoms with Crippen molar-refractivity contribution < 1.29 is 5.11 Å². The van der Waals surface area contributed by atoms with Crippen molar-refractivity contribution in [2.24, 2.45) is 0 Å². The minimum atomic E-state index is -0.0499. The van der Waals surface area contributed by atoms with Crippen LogP contribution in [0, 0.1) is 0 Å². The summed E-state index contributed by atoms with van der Waals surface area (Å²) in [5.74, 6) is 1.04. The maximum Gasteiger partial charge on any atom is 0.0626 e. The molecule has 0 spiro atoms. The van der Waals surface area contributed by atoms with Crippen LogP contribution in [0.4, 0.5) is 0 Å². The van der Waals surface area contributed by atoms with Gasteiger partial charge in [-0.1, -0.05) is 54.1 Å². The molecular weight excluding hydrogens is 302 g/mol. The summed E-state index contributed by atoms with van der Waals surface area (Å²) in [6, 6.07) is 16.3. The molecule has 0 aliphatic carbocycles. The smallest absolute Gasteiger partial charge is 0.0626 e. The van der Waals surface area contributed by atoms with Crippen molar-refractivity contribution in [1.29, 1.82) is 0 Å². The van der Waals surface area contributed by atoms with E-state index in [4.69, 9.17) is 11.6 Å². The van der Waals surface area contributed by atoms with E-state index in [1.54, 1.807) is 0 Å². The van der Waals surface area contributed by atoms with Crippen LogP contribution < -0.4 is 5.32 Å². The van der Waals surface area contributed by atoms with Crippen LogP contribution in [0.5, 0.6) is 0 Å². The highest BCUT2D eigenvalue weighted by Gasteiger charge is 2.24. The Kier molecular flexibility index (Phi) is 4.86. The lowest BCUT2D eigenvalue weighted by Gasteiger charge is -2.30. The monoisotopic (exact) mass is 319 g/mol. The van der Waals surface area contributed by atoms with E-state index in [2.05, 4.69) is 11.4 Å². The number of thioether (sulfide) groups is 1. The van der Waals surface area contributed by atoms with E-state index in [1.165, 1.54) is 10.5 Å². The van der Waals surface area contributed by atoms with Crippen LogP contribution in [0.1, 0.15) is 29.6 Å². The average Bonchev–Trinajstić information content (AvgIpc) is 2.54. The molecule has 21 heavy (non-hydrogen) atoms. The van der Waals surface area contributed by atoms with Crippen molar-refractivity contribution in [2.45, 2.75) is 23.4 Å². The van der Waals surface area contributed by atoms with Crippen LogP contribution in [0.2, 0.25) is 5.02 Å². The molecule has 0 radical (unpaired) electrons. The Morgan fingerprint density at radius 2 is 2.00 bits per heavy atom. The van der Waals surface area contributed by atoms with Gasteiger partial charge in [-0.15, -0.1) is 11.8 Å². The Balaban J connectivity index is 1.84. The fourth-order valence-corrected chi connectivity index (χ4v) is 4.23. The van der Waals surface area contributed by atoms with E-state index in [0.29, 0.717) is 0 Å². The first kappa shape index (κ1) is 14.9. The maximum absolute atomic E-state index is 9.72. The van der Waals surface area contributed by atoms with E-state index in [0.717, 1.165) is 22.8 Å². The molecule has 2 aromatic carbocycles. The molecule has 0 saturated carbocycles. The largest absolute Gasteiger partial charge is 0.394 e. The number of hydrogen-bond acceptors (Lipinski definition) is 3. The molecular formula is C17H18ClNOS. The molecule has 0 aromatic heterocycles. The molecule has 0 saturated heterocycles. The molecule has 0 fully saturated rings. The Labute approximate surface area is 134 Å². The molecule has 1 heterocycles. The van der Waals surface area contributed by atoms with Gasteiger partial charge < -0.3 is 10.4 Å². The van der Waals surface area contributed by atoms with Gasteiger partial charge >= 0.3 is 0 Å². The third-order valence-corrected chi connectivity index (χ3v) is 5.42. The number of nitrogens with one attached hydrogen (secondary N) is 1. The van der Waals surface area contributed by atoms with Crippen molar-refractivity contribution in [3.05, 3.63) is 64.7 Å². The summed E-state index contributed by atoms with van der Waals surface area (Å²) in [6.45, 7) is 0.0869. The summed E-state index contributed by atoms with van der Waals surface area (Å²) in [5, 5.41) is 14.1. The van der Waals surface area contributed by atoms with E-state index in [9.17, 15) is 5.11 Å². The van der Waals surface area contributed by atoms with Crippen molar-refractivity contribution in [1.82, 2.24) is 5.32 Å². The zero-order valence-corrected chi connectivity index (χ0v) is 13.2. The fourth-order valence-electron chi connectivity index (χ4n) is 2.74. The van der Waals surface area contributed by atoms with Gasteiger partial charge in [-0.25, -0.2) is 0 Å². The first-order valence-electron chi connectivity index (χ1n) is 7.12. The van der Waals surface area contributed by atoms with Crippen molar-refractivity contribution >= 4 is 23.4 Å². The van der Waals surface area contributed by atoms with E-state index in [1.807, 2.05) is 54.2 Å². The summed E-state index contributed by atoms with van der Waals surface area (Å²) < 4.78 is 0. The topological polar surface area (TPSA) is 32.3 Å². The van der Waals surface area contributed by atoms with Crippen LogP contribution in [-0.2, 0) is 0 Å². The van der Waals surface area contributed by atoms with Gasteiger partial charge in [0.05, 0.1) is 17.7 Å². The molecule has 3 rings (SSSR count). The van der Waals surface area contributed by atoms with Crippen LogP contribution in [-0.4, -0.2) is 17.5 Å². The van der Waals surface area contributed by atoms with Gasteiger partial charge in [-0.2, -0.15) is 0 Å². The van der Waals surface area contributed by atoms with Gasteiger partial charge in [-0.05, 0) is 29.4 Å². The first-order valence-corrected chi connectivity index (χ1v) is 8.49. The minimum absolute atomic E-state index is 0.0499. The number of halogens is 1. The number of aliphatic hydroxyl groups excluding tert-OH is 1. The SMILES string of the molecule is OC[C@@H](NC1CCSc2c(Cl)cccc21)c1ccccc1. The molecule has 2 atom stereocenters. The van der Waals surface area contributed by atoms with Gasteiger partial charge in [0.2, 0.25) is 0 Å². The molecule has 2 nitrogen and oxygen atoms in total. The quantitative estimate of drug-likeness (QED) is 0.886. The van der Waals surface area contributed by atoms with E-state index >= 15 is 0 Å². The van der Waals surface area contributed by atoms with Crippen molar-refractivity contribution in [3.8, 4) is 0 Å². The normalized spacial score (nSPS) is 19.0. The zero-order valence-electron chi connectivity index (χ0n) is 11.6. The molecule has 110 valence electrons. The highest BCUT2D eigenvalue weighted by Crippen LogP contribution is 2.41. The second kappa shape index (κ2) is 6.84. The molecule has 2 N–H and O–H groups in total. The highest BCUT2D eigenvalue weighted by molar-refractivity contribution is 7.99. The summed E-state index contributed by atoms with van der Waals surface area (Å²) in [5.41, 5.74) is 2.36. The predicted molar refractivity (Wildman–Crippen MR) is 88.9 cm³/mol. The minimum Gasteiger partial charge on any atom is -0.394 e. The molecule has 1 unspecified atom stereocenters. The number of aliphatic hydroxyl groups is 1. The third kappa shape index (κ3) is 3.27. The van der Waals surface area contributed by atoms with Crippen LogP contribution in [0.25, 0.3) is 0 Å². The fraction of sp³-hybridized carbons (Fsp3) is 0.294. The average molecular weight is 320 g/mol. The maximum atomic E-state index is 9.72. The van der Waals surface area contributed by atoms with Crippen LogP contribution in [0.15, 0.2) is 53.4 Å². The molecule has 1 aliphatic rings. The lowest BCUT2D eigenvalue weighted by atomic mass is 10.0. The number of hydrogen-bond donors (Lipinski definition) is 2. The van der Waals surface area contributed by atoms with Crippen molar-refractivity contribution in [2.75, 3.05) is 12.4 Å². The Bertz CT molecular complexity index is 605. The summed E-state index contributed by atoms with van der Waals surface area (Å²) >= 11 is 8.11. The predicted octanol–water partition coefficient (Wildman–Crippen LogP) is 4.20. The summed E-state index contributed by atoms with van der Waals surface area (Å²) in [4.78, 5) is 1.17. The highest BCUT2D eigenvalue weighted by atomic mass is 35.5. The summed E-state index contributed by atoms with van der Waals surface area (Å²) in [7, 11) is 0. The van der Waals surface area contributed by atoms with Gasteiger partial charge in [0.15, 0.2) is 0 Å². The summed E-state index contributed by atoms with van der Waals surface area (Å²) in [6.07, 6.45) is 1.04. The molecule has 2 aromatic rings. The van der Waals surface area contributed by atoms with Crippen LogP contribution >= 0.6 is 23.4 Å². The standard InChI is InChI=1S/C17H18ClNOS/c18-14-8-4-7-13-15(9-10-21-17(13)14)19-16(11-20)12-5-2-1-3-6-12/h1-8,15-16,19-20H,9-11H2/t15?,16-/m1/s1. The molecule has 0 bridgehead atoms. The molecule has 1 aliphatic heterocycles. The number of rotatable bonds is 4. The van der Waals surface area contributed by atoms with Gasteiger partial charge in [0.1, 0.15) is 0 Å². The lowest BCUT2D eigenvalue weighted by molar-refractivity contribution is 0.231. The van der Waals surface area contributed by atoms with E-state index in [-0.39, 0.29) is 18.7 Å². The van der Waals surface area contributed by atoms with Gasteiger partial charge in [0.25, 0.3) is 0 Å². The second-order valence-corrected chi connectivity index (χ2v) is 6.67.